The molecule has 4 nitrogen and oxygen atoms in total. The number of halogens is 1. The van der Waals surface area contributed by atoms with Crippen molar-refractivity contribution in [3.8, 4) is 0 Å². The molecule has 15 heavy (non-hydrogen) atoms. The Labute approximate surface area is 93.8 Å². The molecular formula is C10H14ClNO3. The van der Waals surface area contributed by atoms with Gasteiger partial charge in [0.1, 0.15) is 6.61 Å². The van der Waals surface area contributed by atoms with E-state index in [0.29, 0.717) is 25.9 Å². The van der Waals surface area contributed by atoms with E-state index in [1.165, 1.54) is 6.08 Å². The number of nitrogens with zero attached hydrogens (tertiary/aromatic N) is 1. The molecule has 0 atom stereocenters. The first-order valence-electron chi connectivity index (χ1n) is 4.87. The standard InChI is InChI=1S/C10H14ClNO3/c1-2-7-15-10(14)12-5-3-8(4-6-12)9(11)13/h2,8H,1,3-7H2. The van der Waals surface area contributed by atoms with Crippen molar-refractivity contribution in [1.82, 2.24) is 4.90 Å². The van der Waals surface area contributed by atoms with Crippen molar-refractivity contribution in [2.75, 3.05) is 19.7 Å². The molecule has 84 valence electrons. The number of amides is 1. The molecule has 1 saturated heterocycles. The summed E-state index contributed by atoms with van der Waals surface area (Å²) in [6.07, 6.45) is 2.40. The third-order valence-electron chi connectivity index (χ3n) is 2.40. The highest BCUT2D eigenvalue weighted by molar-refractivity contribution is 6.63. The van der Waals surface area contributed by atoms with E-state index in [-0.39, 0.29) is 23.9 Å². The zero-order valence-corrected chi connectivity index (χ0v) is 9.20. The number of piperidine rings is 1. The van der Waals surface area contributed by atoms with Crippen LogP contribution in [0, 0.1) is 5.92 Å². The Morgan fingerprint density at radius 1 is 1.47 bits per heavy atom. The molecule has 0 aromatic heterocycles. The van der Waals surface area contributed by atoms with Crippen LogP contribution in [0.15, 0.2) is 12.7 Å². The predicted octanol–water partition coefficient (Wildman–Crippen LogP) is 1.79. The summed E-state index contributed by atoms with van der Waals surface area (Å²) in [7, 11) is 0. The fourth-order valence-corrected chi connectivity index (χ4v) is 1.73. The molecule has 0 saturated carbocycles. The van der Waals surface area contributed by atoms with E-state index in [0.717, 1.165) is 0 Å². The first kappa shape index (κ1) is 12.0. The largest absolute Gasteiger partial charge is 0.445 e. The van der Waals surface area contributed by atoms with Crippen LogP contribution in [0.4, 0.5) is 4.79 Å². The summed E-state index contributed by atoms with van der Waals surface area (Å²) >= 11 is 5.38. The van der Waals surface area contributed by atoms with Gasteiger partial charge in [0, 0.05) is 19.0 Å². The number of hydrogen-bond acceptors (Lipinski definition) is 3. The van der Waals surface area contributed by atoms with Crippen LogP contribution in [0.5, 0.6) is 0 Å². The molecule has 1 aliphatic rings. The lowest BCUT2D eigenvalue weighted by Crippen LogP contribution is -2.39. The maximum absolute atomic E-state index is 11.4. The molecule has 0 radical (unpaired) electrons. The molecule has 0 spiro atoms. The number of rotatable bonds is 3. The van der Waals surface area contributed by atoms with Gasteiger partial charge >= 0.3 is 6.09 Å². The molecule has 1 rings (SSSR count). The lowest BCUT2D eigenvalue weighted by atomic mass is 9.99. The van der Waals surface area contributed by atoms with Gasteiger partial charge in [-0.2, -0.15) is 0 Å². The van der Waals surface area contributed by atoms with E-state index in [4.69, 9.17) is 16.3 Å². The second-order valence-electron chi connectivity index (χ2n) is 3.43. The Hall–Kier alpha value is -1.03. The van der Waals surface area contributed by atoms with Crippen LogP contribution in [-0.2, 0) is 9.53 Å². The van der Waals surface area contributed by atoms with Crippen LogP contribution in [0.3, 0.4) is 0 Å². The number of carbonyl (C=O) groups is 2. The molecule has 0 aromatic carbocycles. The summed E-state index contributed by atoms with van der Waals surface area (Å²) in [5.41, 5.74) is 0. The molecule has 0 unspecified atom stereocenters. The third kappa shape index (κ3) is 3.55. The first-order chi connectivity index (χ1) is 7.15. The van der Waals surface area contributed by atoms with Crippen LogP contribution in [0.1, 0.15) is 12.8 Å². The van der Waals surface area contributed by atoms with E-state index in [1.54, 1.807) is 4.90 Å². The molecule has 1 aliphatic heterocycles. The predicted molar refractivity (Wildman–Crippen MR) is 56.7 cm³/mol. The molecule has 1 amide bonds. The van der Waals surface area contributed by atoms with Crippen molar-refractivity contribution in [3.63, 3.8) is 0 Å². The Morgan fingerprint density at radius 2 is 2.07 bits per heavy atom. The summed E-state index contributed by atoms with van der Waals surface area (Å²) < 4.78 is 4.88. The van der Waals surface area contributed by atoms with Crippen LogP contribution in [-0.4, -0.2) is 35.9 Å². The van der Waals surface area contributed by atoms with Crippen molar-refractivity contribution in [3.05, 3.63) is 12.7 Å². The van der Waals surface area contributed by atoms with Gasteiger partial charge in [-0.25, -0.2) is 4.79 Å². The minimum absolute atomic E-state index is 0.116. The van der Waals surface area contributed by atoms with Gasteiger partial charge in [0.15, 0.2) is 0 Å². The molecule has 1 heterocycles. The first-order valence-corrected chi connectivity index (χ1v) is 5.25. The van der Waals surface area contributed by atoms with Crippen molar-refractivity contribution >= 4 is 22.9 Å². The molecule has 0 aromatic rings. The summed E-state index contributed by atoms with van der Waals surface area (Å²) in [6.45, 7) is 4.72. The fraction of sp³-hybridized carbons (Fsp3) is 0.600. The van der Waals surface area contributed by atoms with Gasteiger partial charge in [-0.05, 0) is 24.4 Å². The van der Waals surface area contributed by atoms with Gasteiger partial charge in [0.25, 0.3) is 0 Å². The highest BCUT2D eigenvalue weighted by Gasteiger charge is 2.26. The second-order valence-corrected chi connectivity index (χ2v) is 3.80. The average Bonchev–Trinajstić information content (AvgIpc) is 2.26. The van der Waals surface area contributed by atoms with Crippen molar-refractivity contribution < 1.29 is 14.3 Å². The van der Waals surface area contributed by atoms with Gasteiger partial charge < -0.3 is 9.64 Å². The topological polar surface area (TPSA) is 46.6 Å². The van der Waals surface area contributed by atoms with Gasteiger partial charge in [0.2, 0.25) is 5.24 Å². The van der Waals surface area contributed by atoms with Gasteiger partial charge in [-0.1, -0.05) is 12.7 Å². The highest BCUT2D eigenvalue weighted by atomic mass is 35.5. The van der Waals surface area contributed by atoms with Gasteiger partial charge in [-0.3, -0.25) is 4.79 Å². The number of ether oxygens (including phenoxy) is 1. The second kappa shape index (κ2) is 5.75. The Balaban J connectivity index is 2.33. The van der Waals surface area contributed by atoms with Gasteiger partial charge in [-0.15, -0.1) is 0 Å². The minimum Gasteiger partial charge on any atom is -0.445 e. The number of hydrogen-bond donors (Lipinski definition) is 0. The molecule has 0 bridgehead atoms. The maximum atomic E-state index is 11.4. The lowest BCUT2D eigenvalue weighted by Gasteiger charge is -2.29. The molecule has 0 N–H and O–H groups in total. The molecular weight excluding hydrogens is 218 g/mol. The van der Waals surface area contributed by atoms with E-state index in [9.17, 15) is 9.59 Å². The smallest absolute Gasteiger partial charge is 0.410 e. The molecule has 0 aliphatic carbocycles. The van der Waals surface area contributed by atoms with Crippen molar-refractivity contribution in [2.24, 2.45) is 5.92 Å². The van der Waals surface area contributed by atoms with Crippen LogP contribution in [0.25, 0.3) is 0 Å². The van der Waals surface area contributed by atoms with E-state index >= 15 is 0 Å². The zero-order valence-electron chi connectivity index (χ0n) is 8.45. The monoisotopic (exact) mass is 231 g/mol. The Kier molecular flexibility index (Phi) is 4.62. The fourth-order valence-electron chi connectivity index (χ4n) is 1.51. The van der Waals surface area contributed by atoms with E-state index in [1.807, 2.05) is 0 Å². The van der Waals surface area contributed by atoms with Crippen molar-refractivity contribution in [1.29, 1.82) is 0 Å². The van der Waals surface area contributed by atoms with E-state index < -0.39 is 0 Å². The third-order valence-corrected chi connectivity index (χ3v) is 2.71. The zero-order chi connectivity index (χ0) is 11.3. The number of carbonyl (C=O) groups excluding carboxylic acids is 2. The SMILES string of the molecule is C=CCOC(=O)N1CCC(C(=O)Cl)CC1. The van der Waals surface area contributed by atoms with Crippen molar-refractivity contribution in [2.45, 2.75) is 12.8 Å². The summed E-state index contributed by atoms with van der Waals surface area (Å²) in [6, 6.07) is 0. The Bertz CT molecular complexity index is 259. The van der Waals surface area contributed by atoms with Gasteiger partial charge in [0.05, 0.1) is 0 Å². The number of likely N-dealkylation sites (tertiary alicyclic amines) is 1. The average molecular weight is 232 g/mol. The molecule has 5 heteroatoms. The van der Waals surface area contributed by atoms with Crippen LogP contribution >= 0.6 is 11.6 Å². The molecule has 1 fully saturated rings. The van der Waals surface area contributed by atoms with Crippen LogP contribution < -0.4 is 0 Å². The highest BCUT2D eigenvalue weighted by Crippen LogP contribution is 2.19. The Morgan fingerprint density at radius 3 is 2.53 bits per heavy atom. The maximum Gasteiger partial charge on any atom is 0.410 e. The minimum atomic E-state index is -0.352. The van der Waals surface area contributed by atoms with Crippen LogP contribution in [0.2, 0.25) is 0 Å². The summed E-state index contributed by atoms with van der Waals surface area (Å²) in [5.74, 6) is -0.116. The lowest BCUT2D eigenvalue weighted by molar-refractivity contribution is -0.116. The quantitative estimate of drug-likeness (QED) is 0.550. The summed E-state index contributed by atoms with van der Waals surface area (Å²) in [5, 5.41) is -0.311. The summed E-state index contributed by atoms with van der Waals surface area (Å²) in [4.78, 5) is 23.8. The van der Waals surface area contributed by atoms with E-state index in [2.05, 4.69) is 6.58 Å². The normalized spacial score (nSPS) is 17.3.